The average Bonchev–Trinajstić information content (AvgIpc) is 2.15. The molecule has 1 amide bonds. The van der Waals surface area contributed by atoms with Gasteiger partial charge in [-0.2, -0.15) is 0 Å². The summed E-state index contributed by atoms with van der Waals surface area (Å²) in [6.45, 7) is 2.46. The summed E-state index contributed by atoms with van der Waals surface area (Å²) in [5, 5.41) is 11.3. The van der Waals surface area contributed by atoms with Gasteiger partial charge in [-0.1, -0.05) is 6.92 Å². The minimum Gasteiger partial charge on any atom is -0.481 e. The van der Waals surface area contributed by atoms with Gasteiger partial charge in [-0.05, 0) is 19.4 Å². The Kier molecular flexibility index (Phi) is 6.74. The summed E-state index contributed by atoms with van der Waals surface area (Å²) in [6, 6.07) is 0. The molecule has 5 heteroatoms. The molecule has 0 aliphatic heterocycles. The van der Waals surface area contributed by atoms with Crippen molar-refractivity contribution in [3.8, 4) is 0 Å². The molecule has 0 spiro atoms. The van der Waals surface area contributed by atoms with Crippen LogP contribution in [0.1, 0.15) is 26.2 Å². The first-order valence-electron chi connectivity index (χ1n) is 4.81. The zero-order valence-electron chi connectivity index (χ0n) is 8.45. The van der Waals surface area contributed by atoms with Crippen LogP contribution in [0.4, 0.5) is 0 Å². The van der Waals surface area contributed by atoms with Gasteiger partial charge in [0.1, 0.15) is 0 Å². The molecule has 14 heavy (non-hydrogen) atoms. The van der Waals surface area contributed by atoms with Crippen molar-refractivity contribution in [2.24, 2.45) is 11.7 Å². The number of carbonyl (C=O) groups is 2. The Labute approximate surface area is 83.7 Å². The third-order valence-corrected chi connectivity index (χ3v) is 2.00. The van der Waals surface area contributed by atoms with Crippen molar-refractivity contribution in [3.05, 3.63) is 0 Å². The molecule has 0 fully saturated rings. The first-order chi connectivity index (χ1) is 6.61. The first-order valence-corrected chi connectivity index (χ1v) is 4.81. The van der Waals surface area contributed by atoms with Crippen LogP contribution in [-0.2, 0) is 9.59 Å². The summed E-state index contributed by atoms with van der Waals surface area (Å²) >= 11 is 0. The number of hydrogen-bond donors (Lipinski definition) is 3. The highest BCUT2D eigenvalue weighted by Crippen LogP contribution is 2.00. The molecule has 0 aliphatic carbocycles. The Hall–Kier alpha value is -1.10. The van der Waals surface area contributed by atoms with Gasteiger partial charge in [0.05, 0.1) is 5.92 Å². The zero-order chi connectivity index (χ0) is 11.0. The van der Waals surface area contributed by atoms with Crippen LogP contribution in [0.25, 0.3) is 0 Å². The maximum Gasteiger partial charge on any atom is 0.308 e. The van der Waals surface area contributed by atoms with E-state index in [1.165, 1.54) is 0 Å². The normalized spacial score (nSPS) is 12.1. The second kappa shape index (κ2) is 7.32. The number of rotatable bonds is 7. The molecule has 0 saturated carbocycles. The lowest BCUT2D eigenvalue weighted by Gasteiger charge is -2.10. The van der Waals surface area contributed by atoms with E-state index in [1.807, 2.05) is 0 Å². The molecule has 5 nitrogen and oxygen atoms in total. The van der Waals surface area contributed by atoms with Gasteiger partial charge in [-0.25, -0.2) is 0 Å². The average molecular weight is 202 g/mol. The van der Waals surface area contributed by atoms with Crippen molar-refractivity contribution in [1.29, 1.82) is 0 Å². The van der Waals surface area contributed by atoms with Gasteiger partial charge in [0.25, 0.3) is 0 Å². The maximum atomic E-state index is 11.1. The van der Waals surface area contributed by atoms with E-state index in [0.717, 1.165) is 0 Å². The predicted molar refractivity (Wildman–Crippen MR) is 52.7 cm³/mol. The SMILES string of the molecule is CCC(CNC(=O)CCCN)C(=O)O. The van der Waals surface area contributed by atoms with E-state index in [1.54, 1.807) is 6.92 Å². The zero-order valence-corrected chi connectivity index (χ0v) is 8.45. The first kappa shape index (κ1) is 12.9. The van der Waals surface area contributed by atoms with Crippen molar-refractivity contribution in [3.63, 3.8) is 0 Å². The van der Waals surface area contributed by atoms with Crippen LogP contribution in [0.2, 0.25) is 0 Å². The van der Waals surface area contributed by atoms with E-state index >= 15 is 0 Å². The highest BCUT2D eigenvalue weighted by atomic mass is 16.4. The van der Waals surface area contributed by atoms with E-state index < -0.39 is 11.9 Å². The largest absolute Gasteiger partial charge is 0.481 e. The Morgan fingerprint density at radius 2 is 2.14 bits per heavy atom. The van der Waals surface area contributed by atoms with Crippen LogP contribution in [0.15, 0.2) is 0 Å². The number of hydrogen-bond acceptors (Lipinski definition) is 3. The third kappa shape index (κ3) is 5.53. The van der Waals surface area contributed by atoms with E-state index in [9.17, 15) is 9.59 Å². The monoisotopic (exact) mass is 202 g/mol. The van der Waals surface area contributed by atoms with Crippen LogP contribution < -0.4 is 11.1 Å². The van der Waals surface area contributed by atoms with Crippen molar-refractivity contribution in [1.82, 2.24) is 5.32 Å². The smallest absolute Gasteiger partial charge is 0.308 e. The molecule has 0 aliphatic rings. The van der Waals surface area contributed by atoms with Crippen LogP contribution in [0.5, 0.6) is 0 Å². The van der Waals surface area contributed by atoms with Crippen molar-refractivity contribution in [2.45, 2.75) is 26.2 Å². The fourth-order valence-corrected chi connectivity index (χ4v) is 0.994. The fraction of sp³-hybridized carbons (Fsp3) is 0.778. The Balaban J connectivity index is 3.68. The van der Waals surface area contributed by atoms with Crippen LogP contribution >= 0.6 is 0 Å². The van der Waals surface area contributed by atoms with Crippen LogP contribution in [-0.4, -0.2) is 30.1 Å². The Morgan fingerprint density at radius 1 is 1.50 bits per heavy atom. The molecule has 1 atom stereocenters. The van der Waals surface area contributed by atoms with Crippen LogP contribution in [0.3, 0.4) is 0 Å². The van der Waals surface area contributed by atoms with Crippen LogP contribution in [0, 0.1) is 5.92 Å². The molecular formula is C9H18N2O3. The number of aliphatic carboxylic acids is 1. The predicted octanol–water partition coefficient (Wildman–Crippen LogP) is -0.0477. The molecule has 4 N–H and O–H groups in total. The minimum atomic E-state index is -0.869. The summed E-state index contributed by atoms with van der Waals surface area (Å²) in [7, 11) is 0. The molecule has 0 radical (unpaired) electrons. The molecule has 82 valence electrons. The lowest BCUT2D eigenvalue weighted by molar-refractivity contribution is -0.141. The number of nitrogens with one attached hydrogen (secondary N) is 1. The standard InChI is InChI=1S/C9H18N2O3/c1-2-7(9(13)14)6-11-8(12)4-3-5-10/h7H,2-6,10H2,1H3,(H,11,12)(H,13,14). The molecule has 1 unspecified atom stereocenters. The van der Waals surface area contributed by atoms with Gasteiger partial charge in [0.2, 0.25) is 5.91 Å². The van der Waals surface area contributed by atoms with E-state index in [0.29, 0.717) is 25.8 Å². The number of carbonyl (C=O) groups excluding carboxylic acids is 1. The van der Waals surface area contributed by atoms with E-state index in [2.05, 4.69) is 5.32 Å². The van der Waals surface area contributed by atoms with Gasteiger partial charge < -0.3 is 16.2 Å². The van der Waals surface area contributed by atoms with Gasteiger partial charge in [-0.15, -0.1) is 0 Å². The van der Waals surface area contributed by atoms with Crippen molar-refractivity contribution in [2.75, 3.05) is 13.1 Å². The molecule has 0 heterocycles. The molecule has 0 bridgehead atoms. The summed E-state index contributed by atoms with van der Waals surface area (Å²) in [5.74, 6) is -1.49. The van der Waals surface area contributed by atoms with Gasteiger partial charge in [-0.3, -0.25) is 9.59 Å². The lowest BCUT2D eigenvalue weighted by atomic mass is 10.1. The highest BCUT2D eigenvalue weighted by molar-refractivity contribution is 5.77. The quantitative estimate of drug-likeness (QED) is 0.539. The Morgan fingerprint density at radius 3 is 2.57 bits per heavy atom. The maximum absolute atomic E-state index is 11.1. The molecular weight excluding hydrogens is 184 g/mol. The lowest BCUT2D eigenvalue weighted by Crippen LogP contribution is -2.32. The van der Waals surface area contributed by atoms with E-state index in [-0.39, 0.29) is 12.5 Å². The van der Waals surface area contributed by atoms with E-state index in [4.69, 9.17) is 10.8 Å². The number of carboxylic acid groups (broad SMARTS) is 1. The van der Waals surface area contributed by atoms with Gasteiger partial charge in [0.15, 0.2) is 0 Å². The minimum absolute atomic E-state index is 0.129. The van der Waals surface area contributed by atoms with Gasteiger partial charge >= 0.3 is 5.97 Å². The molecule has 0 aromatic heterocycles. The van der Waals surface area contributed by atoms with Crippen molar-refractivity contribution < 1.29 is 14.7 Å². The second-order valence-electron chi connectivity index (χ2n) is 3.14. The molecule has 0 saturated heterocycles. The highest BCUT2D eigenvalue weighted by Gasteiger charge is 2.15. The summed E-state index contributed by atoms with van der Waals surface area (Å²) in [5.41, 5.74) is 5.23. The summed E-state index contributed by atoms with van der Waals surface area (Å²) in [4.78, 5) is 21.7. The number of carboxylic acids is 1. The second-order valence-corrected chi connectivity index (χ2v) is 3.14. The topological polar surface area (TPSA) is 92.4 Å². The summed E-state index contributed by atoms with van der Waals surface area (Å²) < 4.78 is 0. The van der Waals surface area contributed by atoms with Gasteiger partial charge in [0, 0.05) is 13.0 Å². The third-order valence-electron chi connectivity index (χ3n) is 2.00. The molecule has 0 aromatic carbocycles. The molecule has 0 aromatic rings. The van der Waals surface area contributed by atoms with Crippen molar-refractivity contribution >= 4 is 11.9 Å². The Bertz CT molecular complexity index is 194. The fourth-order valence-electron chi connectivity index (χ4n) is 0.994. The summed E-state index contributed by atoms with van der Waals surface area (Å²) in [6.07, 6.45) is 1.52. The number of nitrogens with two attached hydrogens (primary N) is 1. The molecule has 0 rings (SSSR count). The number of amides is 1.